The molecule has 0 radical (unpaired) electrons. The number of esters is 2. The number of rotatable bonds is 5. The number of carbonyl (C=O) groups excluding carboxylic acids is 2. The van der Waals surface area contributed by atoms with Crippen LogP contribution in [0.15, 0.2) is 30.2 Å². The number of halogens is 1. The van der Waals surface area contributed by atoms with Crippen molar-refractivity contribution in [2.24, 2.45) is 0 Å². The molecule has 0 aliphatic heterocycles. The first-order valence-corrected chi connectivity index (χ1v) is 5.40. The normalized spacial score (nSPS) is 10.7. The first kappa shape index (κ1) is 15.5. The zero-order chi connectivity index (χ0) is 15.1. The Morgan fingerprint density at radius 1 is 1.15 bits per heavy atom. The molecule has 7 heteroatoms. The highest BCUT2D eigenvalue weighted by Gasteiger charge is 2.19. The molecule has 0 aromatic heterocycles. The summed E-state index contributed by atoms with van der Waals surface area (Å²) in [5.41, 5.74) is -0.168. The summed E-state index contributed by atoms with van der Waals surface area (Å²) in [7, 11) is 3.60. The van der Waals surface area contributed by atoms with E-state index in [4.69, 9.17) is 4.74 Å². The minimum absolute atomic E-state index is 0.0630. The molecule has 20 heavy (non-hydrogen) atoms. The third kappa shape index (κ3) is 3.71. The SMILES string of the molecule is COC=C(Oc1ccc(F)cc1C(=O)OC)C(=O)OC. The van der Waals surface area contributed by atoms with Crippen LogP contribution in [0.5, 0.6) is 5.75 Å². The molecule has 0 heterocycles. The van der Waals surface area contributed by atoms with Crippen LogP contribution in [0.4, 0.5) is 4.39 Å². The fourth-order valence-corrected chi connectivity index (χ4v) is 1.30. The van der Waals surface area contributed by atoms with Gasteiger partial charge in [-0.25, -0.2) is 14.0 Å². The molecule has 0 aliphatic rings. The third-order valence-electron chi connectivity index (χ3n) is 2.18. The number of carbonyl (C=O) groups is 2. The van der Waals surface area contributed by atoms with Crippen molar-refractivity contribution in [3.63, 3.8) is 0 Å². The van der Waals surface area contributed by atoms with Gasteiger partial charge in [-0.05, 0) is 18.2 Å². The Morgan fingerprint density at radius 2 is 1.85 bits per heavy atom. The number of hydrogen-bond acceptors (Lipinski definition) is 6. The summed E-state index contributed by atoms with van der Waals surface area (Å²) in [4.78, 5) is 23.0. The minimum atomic E-state index is -0.813. The molecule has 0 spiro atoms. The van der Waals surface area contributed by atoms with Gasteiger partial charge in [0.25, 0.3) is 0 Å². The zero-order valence-electron chi connectivity index (χ0n) is 11.1. The van der Waals surface area contributed by atoms with Crippen LogP contribution in [0.25, 0.3) is 0 Å². The second-order valence-corrected chi connectivity index (χ2v) is 3.44. The van der Waals surface area contributed by atoms with E-state index in [0.717, 1.165) is 32.6 Å². The average Bonchev–Trinajstić information content (AvgIpc) is 2.46. The van der Waals surface area contributed by atoms with E-state index in [1.54, 1.807) is 0 Å². The molecule has 0 amide bonds. The second kappa shape index (κ2) is 7.13. The molecule has 0 saturated carbocycles. The zero-order valence-corrected chi connectivity index (χ0v) is 11.1. The highest BCUT2D eigenvalue weighted by molar-refractivity contribution is 5.93. The van der Waals surface area contributed by atoms with Crippen molar-refractivity contribution in [1.82, 2.24) is 0 Å². The van der Waals surface area contributed by atoms with Gasteiger partial charge in [0.1, 0.15) is 23.4 Å². The van der Waals surface area contributed by atoms with Crippen molar-refractivity contribution in [3.05, 3.63) is 41.6 Å². The van der Waals surface area contributed by atoms with Crippen molar-refractivity contribution in [3.8, 4) is 5.75 Å². The van der Waals surface area contributed by atoms with Crippen LogP contribution in [-0.2, 0) is 19.0 Å². The van der Waals surface area contributed by atoms with Crippen LogP contribution in [-0.4, -0.2) is 33.3 Å². The Hall–Kier alpha value is -2.57. The molecule has 6 nitrogen and oxygen atoms in total. The van der Waals surface area contributed by atoms with E-state index in [0.29, 0.717) is 0 Å². The summed E-state index contributed by atoms with van der Waals surface area (Å²) < 4.78 is 32.0. The highest BCUT2D eigenvalue weighted by atomic mass is 19.1. The average molecular weight is 284 g/mol. The van der Waals surface area contributed by atoms with Gasteiger partial charge in [-0.3, -0.25) is 0 Å². The van der Waals surface area contributed by atoms with Crippen LogP contribution in [0.2, 0.25) is 0 Å². The lowest BCUT2D eigenvalue weighted by molar-refractivity contribution is -0.138. The number of hydrogen-bond donors (Lipinski definition) is 0. The summed E-state index contributed by atoms with van der Waals surface area (Å²) in [6, 6.07) is 3.19. The molecule has 1 aromatic carbocycles. The molecule has 0 N–H and O–H groups in total. The molecular weight excluding hydrogens is 271 g/mol. The van der Waals surface area contributed by atoms with E-state index in [2.05, 4.69) is 14.2 Å². The molecule has 0 bridgehead atoms. The van der Waals surface area contributed by atoms with Crippen molar-refractivity contribution >= 4 is 11.9 Å². The molecule has 0 saturated heterocycles. The van der Waals surface area contributed by atoms with Gasteiger partial charge in [-0.15, -0.1) is 0 Å². The van der Waals surface area contributed by atoms with Gasteiger partial charge < -0.3 is 18.9 Å². The van der Waals surface area contributed by atoms with E-state index in [9.17, 15) is 14.0 Å². The lowest BCUT2D eigenvalue weighted by Crippen LogP contribution is -2.13. The van der Waals surface area contributed by atoms with Gasteiger partial charge in [0, 0.05) is 0 Å². The molecular formula is C13H13FO6. The fraction of sp³-hybridized carbons (Fsp3) is 0.231. The van der Waals surface area contributed by atoms with Crippen molar-refractivity contribution < 1.29 is 32.9 Å². The standard InChI is InChI=1S/C13H13FO6/c1-17-7-11(13(16)19-3)20-10-5-4-8(14)6-9(10)12(15)18-2/h4-7H,1-3H3. The van der Waals surface area contributed by atoms with Gasteiger partial charge in [0.15, 0.2) is 0 Å². The van der Waals surface area contributed by atoms with Gasteiger partial charge in [-0.1, -0.05) is 0 Å². The molecule has 1 rings (SSSR count). The Morgan fingerprint density at radius 3 is 2.40 bits per heavy atom. The van der Waals surface area contributed by atoms with E-state index < -0.39 is 17.8 Å². The van der Waals surface area contributed by atoms with E-state index in [-0.39, 0.29) is 17.1 Å². The minimum Gasteiger partial charge on any atom is -0.500 e. The largest absolute Gasteiger partial charge is 0.500 e. The summed E-state index contributed by atoms with van der Waals surface area (Å²) in [5, 5.41) is 0. The second-order valence-electron chi connectivity index (χ2n) is 3.44. The molecule has 0 aliphatic carbocycles. The lowest BCUT2D eigenvalue weighted by Gasteiger charge is -2.11. The summed E-state index contributed by atoms with van der Waals surface area (Å²) in [6.45, 7) is 0. The first-order valence-electron chi connectivity index (χ1n) is 5.40. The van der Waals surface area contributed by atoms with E-state index >= 15 is 0 Å². The maximum atomic E-state index is 13.2. The van der Waals surface area contributed by atoms with Gasteiger partial charge >= 0.3 is 11.9 Å². The molecule has 0 fully saturated rings. The summed E-state index contributed by atoms with van der Waals surface area (Å²) in [6.07, 6.45) is 0.996. The van der Waals surface area contributed by atoms with E-state index in [1.165, 1.54) is 13.2 Å². The quantitative estimate of drug-likeness (QED) is 0.465. The first-order chi connectivity index (χ1) is 9.53. The molecule has 108 valence electrons. The predicted molar refractivity (Wildman–Crippen MR) is 65.5 cm³/mol. The molecule has 1 aromatic rings. The van der Waals surface area contributed by atoms with Gasteiger partial charge in [0.05, 0.1) is 21.3 Å². The fourth-order valence-electron chi connectivity index (χ4n) is 1.30. The molecule has 0 unspecified atom stereocenters. The Bertz CT molecular complexity index is 538. The maximum Gasteiger partial charge on any atom is 0.377 e. The van der Waals surface area contributed by atoms with Crippen LogP contribution < -0.4 is 4.74 Å². The van der Waals surface area contributed by atoms with Crippen molar-refractivity contribution in [2.75, 3.05) is 21.3 Å². The third-order valence-corrected chi connectivity index (χ3v) is 2.18. The monoisotopic (exact) mass is 284 g/mol. The number of benzene rings is 1. The smallest absolute Gasteiger partial charge is 0.377 e. The Balaban J connectivity index is 3.16. The van der Waals surface area contributed by atoms with Gasteiger partial charge in [0.2, 0.25) is 5.76 Å². The number of ether oxygens (including phenoxy) is 4. The Kier molecular flexibility index (Phi) is 5.52. The van der Waals surface area contributed by atoms with Crippen LogP contribution >= 0.6 is 0 Å². The highest BCUT2D eigenvalue weighted by Crippen LogP contribution is 2.23. The summed E-state index contributed by atoms with van der Waals surface area (Å²) >= 11 is 0. The topological polar surface area (TPSA) is 71.1 Å². The number of methoxy groups -OCH3 is 3. The van der Waals surface area contributed by atoms with Crippen molar-refractivity contribution in [2.45, 2.75) is 0 Å². The lowest BCUT2D eigenvalue weighted by atomic mass is 10.2. The van der Waals surface area contributed by atoms with E-state index in [1.807, 2.05) is 0 Å². The van der Waals surface area contributed by atoms with Crippen LogP contribution in [0, 0.1) is 5.82 Å². The van der Waals surface area contributed by atoms with Crippen LogP contribution in [0.3, 0.4) is 0 Å². The predicted octanol–water partition coefficient (Wildman–Crippen LogP) is 1.65. The van der Waals surface area contributed by atoms with Gasteiger partial charge in [-0.2, -0.15) is 0 Å². The van der Waals surface area contributed by atoms with Crippen molar-refractivity contribution in [1.29, 1.82) is 0 Å². The van der Waals surface area contributed by atoms with Crippen LogP contribution in [0.1, 0.15) is 10.4 Å². The Labute approximate surface area is 114 Å². The molecule has 0 atom stereocenters. The maximum absolute atomic E-state index is 13.2. The summed E-state index contributed by atoms with van der Waals surface area (Å²) in [5.74, 6) is -2.63.